The van der Waals surface area contributed by atoms with Gasteiger partial charge in [0.25, 0.3) is 0 Å². The van der Waals surface area contributed by atoms with Gasteiger partial charge in [0.05, 0.1) is 0 Å². The van der Waals surface area contributed by atoms with E-state index in [-0.39, 0.29) is 0 Å². The third-order valence-corrected chi connectivity index (χ3v) is 4.68. The number of benzene rings is 1. The molecule has 0 nitrogen and oxygen atoms in total. The Labute approximate surface area is 82.7 Å². The summed E-state index contributed by atoms with van der Waals surface area (Å²) in [5.41, 5.74) is 1.58. The van der Waals surface area contributed by atoms with Gasteiger partial charge in [0, 0.05) is 3.92 Å². The second kappa shape index (κ2) is 3.40. The zero-order valence-electron chi connectivity index (χ0n) is 6.18. The molecule has 1 aliphatic heterocycles. The van der Waals surface area contributed by atoms with Crippen molar-refractivity contribution in [2.45, 2.75) is 10.3 Å². The van der Waals surface area contributed by atoms with E-state index in [4.69, 9.17) is 0 Å². The lowest BCUT2D eigenvalue weighted by Gasteiger charge is -2.20. The van der Waals surface area contributed by atoms with Gasteiger partial charge in [-0.05, 0) is 23.5 Å². The van der Waals surface area contributed by atoms with Crippen molar-refractivity contribution in [3.8, 4) is 0 Å². The molecule has 0 bridgehead atoms. The predicted octanol–water partition coefficient (Wildman–Crippen LogP) is 2.87. The van der Waals surface area contributed by atoms with Crippen LogP contribution in [0.25, 0.3) is 0 Å². The van der Waals surface area contributed by atoms with E-state index in [2.05, 4.69) is 46.9 Å². The van der Waals surface area contributed by atoms with E-state index in [1.807, 2.05) is 0 Å². The van der Waals surface area contributed by atoms with Crippen LogP contribution in [0.2, 0.25) is 0 Å². The van der Waals surface area contributed by atoms with Gasteiger partial charge in [0.2, 0.25) is 0 Å². The second-order valence-corrected chi connectivity index (χ2v) is 5.67. The zero-order chi connectivity index (χ0) is 7.68. The van der Waals surface area contributed by atoms with E-state index in [9.17, 15) is 0 Å². The van der Waals surface area contributed by atoms with E-state index >= 15 is 0 Å². The monoisotopic (exact) mass is 276 g/mol. The summed E-state index contributed by atoms with van der Waals surface area (Å²) < 4.78 is 0.769. The predicted molar refractivity (Wildman–Crippen MR) is 60.6 cm³/mol. The number of fused-ring (bicyclic) bond motifs is 1. The Morgan fingerprint density at radius 2 is 2.18 bits per heavy atom. The van der Waals surface area contributed by atoms with E-state index in [1.165, 1.54) is 12.6 Å². The van der Waals surface area contributed by atoms with Gasteiger partial charge in [-0.1, -0.05) is 55.4 Å². The van der Waals surface area contributed by atoms with Gasteiger partial charge in [0.1, 0.15) is 0 Å². The van der Waals surface area contributed by atoms with Crippen molar-refractivity contribution in [1.82, 2.24) is 0 Å². The minimum absolute atomic E-state index is 0.769. The van der Waals surface area contributed by atoms with E-state index in [1.54, 1.807) is 10.9 Å². The average molecular weight is 276 g/mol. The molecule has 0 radical (unpaired) electrons. The lowest BCUT2D eigenvalue weighted by Crippen LogP contribution is -2.12. The molecule has 0 N–H and O–H groups in total. The van der Waals surface area contributed by atoms with Gasteiger partial charge in [0.15, 0.2) is 0 Å². The van der Waals surface area contributed by atoms with Crippen molar-refractivity contribution in [1.29, 1.82) is 0 Å². The first-order chi connectivity index (χ1) is 5.38. The maximum Gasteiger partial charge on any atom is 0.0369 e. The first-order valence-corrected chi connectivity index (χ1v) is 6.30. The maximum absolute atomic E-state index is 2.55. The molecule has 0 saturated heterocycles. The molecule has 1 heterocycles. The summed E-state index contributed by atoms with van der Waals surface area (Å²) in [5.74, 6) is 0. The number of halogens is 1. The largest absolute Gasteiger partial charge is 0.0900 e. The van der Waals surface area contributed by atoms with Crippen LogP contribution in [0.5, 0.6) is 0 Å². The van der Waals surface area contributed by atoms with Crippen molar-refractivity contribution in [3.05, 3.63) is 29.8 Å². The normalized spacial score (nSPS) is 25.0. The molecule has 2 unspecified atom stereocenters. The molecule has 11 heavy (non-hydrogen) atoms. The van der Waals surface area contributed by atoms with E-state index in [0.717, 1.165) is 12.5 Å². The Balaban J connectivity index is 2.44. The fraction of sp³-hybridized carbons (Fsp3) is 0.333. The number of hydrogen-bond donors (Lipinski definition) is 0. The maximum atomic E-state index is 2.55. The van der Waals surface area contributed by atoms with Crippen LogP contribution in [0.1, 0.15) is 15.9 Å². The highest BCUT2D eigenvalue weighted by molar-refractivity contribution is 14.1. The Kier molecular flexibility index (Phi) is 2.48. The standard InChI is InChI=1S/C9H10IP/c10-8-5-6-11-9-4-2-1-3-7(8)9/h1-4,8,11H,5-6H2. The molecular weight excluding hydrogens is 266 g/mol. The highest BCUT2D eigenvalue weighted by atomic mass is 127. The molecule has 0 saturated carbocycles. The number of rotatable bonds is 0. The fourth-order valence-electron chi connectivity index (χ4n) is 1.42. The molecule has 1 aromatic carbocycles. The van der Waals surface area contributed by atoms with Crippen LogP contribution < -0.4 is 5.30 Å². The molecule has 2 atom stereocenters. The Morgan fingerprint density at radius 1 is 1.36 bits per heavy atom. The number of hydrogen-bond acceptors (Lipinski definition) is 0. The van der Waals surface area contributed by atoms with E-state index in [0.29, 0.717) is 0 Å². The van der Waals surface area contributed by atoms with Gasteiger partial charge >= 0.3 is 0 Å². The van der Waals surface area contributed by atoms with Gasteiger partial charge in [-0.3, -0.25) is 0 Å². The zero-order valence-corrected chi connectivity index (χ0v) is 9.34. The quantitative estimate of drug-likeness (QED) is 0.388. The smallest absolute Gasteiger partial charge is 0.0369 e. The minimum Gasteiger partial charge on any atom is -0.0900 e. The van der Waals surface area contributed by atoms with Crippen LogP contribution in [-0.4, -0.2) is 6.16 Å². The minimum atomic E-state index is 0.769. The van der Waals surface area contributed by atoms with Crippen molar-refractivity contribution >= 4 is 36.5 Å². The molecule has 2 rings (SSSR count). The lowest BCUT2D eigenvalue weighted by atomic mass is 10.1. The molecule has 2 heteroatoms. The van der Waals surface area contributed by atoms with Crippen molar-refractivity contribution < 1.29 is 0 Å². The lowest BCUT2D eigenvalue weighted by molar-refractivity contribution is 0.932. The first-order valence-electron chi connectivity index (χ1n) is 3.85. The summed E-state index contributed by atoms with van der Waals surface area (Å²) in [6.45, 7) is 0. The van der Waals surface area contributed by atoms with Gasteiger partial charge < -0.3 is 0 Å². The molecule has 1 aromatic rings. The number of alkyl halides is 1. The second-order valence-electron chi connectivity index (χ2n) is 2.77. The van der Waals surface area contributed by atoms with Crippen molar-refractivity contribution in [3.63, 3.8) is 0 Å². The van der Waals surface area contributed by atoms with Crippen molar-refractivity contribution in [2.75, 3.05) is 6.16 Å². The van der Waals surface area contributed by atoms with Crippen LogP contribution in [0, 0.1) is 0 Å². The van der Waals surface area contributed by atoms with Gasteiger partial charge in [-0.15, -0.1) is 0 Å². The Hall–Kier alpha value is 0.380. The molecule has 0 aliphatic carbocycles. The van der Waals surface area contributed by atoms with E-state index < -0.39 is 0 Å². The molecule has 0 amide bonds. The highest BCUT2D eigenvalue weighted by Crippen LogP contribution is 2.35. The summed E-state index contributed by atoms with van der Waals surface area (Å²) in [5, 5.41) is 1.60. The summed E-state index contributed by atoms with van der Waals surface area (Å²) in [6.07, 6.45) is 2.76. The SMILES string of the molecule is IC1CCPc2ccccc21. The van der Waals surface area contributed by atoms with Gasteiger partial charge in [-0.2, -0.15) is 0 Å². The Bertz CT molecular complexity index is 259. The topological polar surface area (TPSA) is 0 Å². The molecular formula is C9H10IP. The van der Waals surface area contributed by atoms with Crippen molar-refractivity contribution in [2.24, 2.45) is 0 Å². The van der Waals surface area contributed by atoms with Crippen LogP contribution >= 0.6 is 31.2 Å². The summed E-state index contributed by atoms with van der Waals surface area (Å²) in [7, 11) is 1.05. The average Bonchev–Trinajstić information content (AvgIpc) is 2.06. The van der Waals surface area contributed by atoms with Crippen LogP contribution in [-0.2, 0) is 0 Å². The summed E-state index contributed by atoms with van der Waals surface area (Å²) in [6, 6.07) is 8.86. The van der Waals surface area contributed by atoms with Crippen LogP contribution in [0.4, 0.5) is 0 Å². The van der Waals surface area contributed by atoms with Crippen LogP contribution in [0.3, 0.4) is 0 Å². The Morgan fingerprint density at radius 3 is 3.00 bits per heavy atom. The molecule has 1 aliphatic rings. The third kappa shape index (κ3) is 1.59. The highest BCUT2D eigenvalue weighted by Gasteiger charge is 2.15. The molecule has 0 spiro atoms. The first kappa shape index (κ1) is 8.00. The molecule has 58 valence electrons. The van der Waals surface area contributed by atoms with Crippen LogP contribution in [0.15, 0.2) is 24.3 Å². The molecule has 0 fully saturated rings. The third-order valence-electron chi connectivity index (χ3n) is 2.01. The fourth-order valence-corrected chi connectivity index (χ4v) is 4.53. The molecule has 0 aromatic heterocycles. The van der Waals surface area contributed by atoms with Gasteiger partial charge in [-0.25, -0.2) is 0 Å². The summed E-state index contributed by atoms with van der Waals surface area (Å²) >= 11 is 2.55. The summed E-state index contributed by atoms with van der Waals surface area (Å²) in [4.78, 5) is 0.